The van der Waals surface area contributed by atoms with E-state index in [-0.39, 0.29) is 18.4 Å². The highest BCUT2D eigenvalue weighted by Crippen LogP contribution is 2.22. The van der Waals surface area contributed by atoms with Crippen molar-refractivity contribution in [3.63, 3.8) is 0 Å². The van der Waals surface area contributed by atoms with E-state index in [1.165, 1.54) is 0 Å². The third-order valence-corrected chi connectivity index (χ3v) is 3.25. The molecule has 0 N–H and O–H groups in total. The van der Waals surface area contributed by atoms with Gasteiger partial charge in [-0.05, 0) is 12.5 Å². The van der Waals surface area contributed by atoms with E-state index >= 15 is 0 Å². The second kappa shape index (κ2) is 4.67. The maximum atomic E-state index is 11.6. The Kier molecular flexibility index (Phi) is 3.24. The number of aliphatic carboxylic acids is 1. The van der Waals surface area contributed by atoms with E-state index in [1.807, 2.05) is 35.2 Å². The Labute approximate surface area is 99.9 Å². The van der Waals surface area contributed by atoms with Gasteiger partial charge in [-0.1, -0.05) is 30.3 Å². The summed E-state index contributed by atoms with van der Waals surface area (Å²) >= 11 is 0. The van der Waals surface area contributed by atoms with Crippen molar-refractivity contribution >= 4 is 11.8 Å². The fourth-order valence-electron chi connectivity index (χ4n) is 2.27. The number of carboxylic acid groups (broad SMARTS) is 1. The number of likely N-dealkylation sites (tertiary alicyclic amines) is 1. The van der Waals surface area contributed by atoms with Crippen LogP contribution in [0.15, 0.2) is 30.3 Å². The molecule has 4 nitrogen and oxygen atoms in total. The number of carbonyl (C=O) groups excluding carboxylic acids is 2. The molecule has 0 radical (unpaired) electrons. The van der Waals surface area contributed by atoms with Crippen LogP contribution in [0, 0.1) is 5.92 Å². The van der Waals surface area contributed by atoms with Crippen molar-refractivity contribution in [3.05, 3.63) is 35.9 Å². The topological polar surface area (TPSA) is 60.4 Å². The summed E-state index contributed by atoms with van der Waals surface area (Å²) in [5, 5.41) is 10.9. The molecule has 17 heavy (non-hydrogen) atoms. The van der Waals surface area contributed by atoms with Gasteiger partial charge < -0.3 is 9.90 Å². The van der Waals surface area contributed by atoms with Gasteiger partial charge in [-0.25, -0.2) is 0 Å². The van der Waals surface area contributed by atoms with Crippen molar-refractivity contribution in [2.45, 2.75) is 19.5 Å². The molecule has 0 amide bonds. The number of carbonyl (C=O) groups is 2. The van der Waals surface area contributed by atoms with Crippen LogP contribution in [-0.2, 0) is 16.1 Å². The monoisotopic (exact) mass is 232 g/mol. The van der Waals surface area contributed by atoms with Crippen molar-refractivity contribution in [2.24, 2.45) is 5.92 Å². The van der Waals surface area contributed by atoms with Gasteiger partial charge in [-0.15, -0.1) is 0 Å². The third kappa shape index (κ3) is 2.36. The molecule has 1 aliphatic heterocycles. The molecule has 0 saturated carbocycles. The highest BCUT2D eigenvalue weighted by atomic mass is 16.4. The Morgan fingerprint density at radius 1 is 1.41 bits per heavy atom. The number of hydrogen-bond donors (Lipinski definition) is 0. The molecule has 1 fully saturated rings. The molecule has 0 aliphatic carbocycles. The quantitative estimate of drug-likeness (QED) is 0.679. The summed E-state index contributed by atoms with van der Waals surface area (Å²) in [6.07, 6.45) is 0. The summed E-state index contributed by atoms with van der Waals surface area (Å²) < 4.78 is 0. The van der Waals surface area contributed by atoms with Crippen molar-refractivity contribution in [2.75, 3.05) is 6.54 Å². The lowest BCUT2D eigenvalue weighted by Gasteiger charge is -2.23. The van der Waals surface area contributed by atoms with Crippen molar-refractivity contribution in [1.82, 2.24) is 4.90 Å². The molecule has 1 saturated heterocycles. The smallest absolute Gasteiger partial charge is 0.157 e. The normalized spacial score (nSPS) is 25.1. The molecule has 0 spiro atoms. The Bertz CT molecular complexity index is 430. The number of Topliss-reactive ketones (excluding diaryl/α,β-unsaturated/α-hetero) is 1. The Hall–Kier alpha value is -1.68. The Morgan fingerprint density at radius 3 is 2.59 bits per heavy atom. The lowest BCUT2D eigenvalue weighted by molar-refractivity contribution is -0.310. The maximum absolute atomic E-state index is 11.6. The molecule has 0 aromatic heterocycles. The SMILES string of the molecule is CC1C(C(=O)[O-])C(=O)CN1Cc1ccccc1. The van der Waals surface area contributed by atoms with E-state index in [1.54, 1.807) is 6.92 Å². The van der Waals surface area contributed by atoms with E-state index in [0.717, 1.165) is 5.56 Å². The van der Waals surface area contributed by atoms with Crippen LogP contribution in [0.1, 0.15) is 12.5 Å². The van der Waals surface area contributed by atoms with Gasteiger partial charge in [0.25, 0.3) is 0 Å². The van der Waals surface area contributed by atoms with Crippen LogP contribution in [0.5, 0.6) is 0 Å². The molecule has 1 aromatic carbocycles. The second-order valence-corrected chi connectivity index (χ2v) is 4.39. The van der Waals surface area contributed by atoms with Crippen LogP contribution in [-0.4, -0.2) is 29.2 Å². The summed E-state index contributed by atoms with van der Waals surface area (Å²) in [6.45, 7) is 2.54. The summed E-state index contributed by atoms with van der Waals surface area (Å²) in [5.74, 6) is -2.51. The molecule has 2 rings (SSSR count). The fraction of sp³-hybridized carbons (Fsp3) is 0.385. The van der Waals surface area contributed by atoms with E-state index in [2.05, 4.69) is 0 Å². The van der Waals surface area contributed by atoms with Gasteiger partial charge >= 0.3 is 0 Å². The molecule has 2 unspecified atom stereocenters. The van der Waals surface area contributed by atoms with Crippen LogP contribution >= 0.6 is 0 Å². The molecular formula is C13H14NO3-. The number of carboxylic acids is 1. The first-order chi connectivity index (χ1) is 8.09. The number of benzene rings is 1. The largest absolute Gasteiger partial charge is 0.549 e. The first-order valence-electron chi connectivity index (χ1n) is 5.61. The first-order valence-corrected chi connectivity index (χ1v) is 5.61. The minimum atomic E-state index is -1.27. The molecule has 2 atom stereocenters. The zero-order chi connectivity index (χ0) is 12.4. The highest BCUT2D eigenvalue weighted by Gasteiger charge is 2.38. The van der Waals surface area contributed by atoms with E-state index in [4.69, 9.17) is 0 Å². The minimum absolute atomic E-state index is 0.189. The van der Waals surface area contributed by atoms with Gasteiger partial charge in [0, 0.05) is 12.6 Å². The van der Waals surface area contributed by atoms with E-state index in [9.17, 15) is 14.7 Å². The number of rotatable bonds is 3. The Balaban J connectivity index is 2.10. The lowest BCUT2D eigenvalue weighted by atomic mass is 10.0. The predicted molar refractivity (Wildman–Crippen MR) is 59.8 cm³/mol. The number of nitrogens with zero attached hydrogens (tertiary/aromatic N) is 1. The standard InChI is InChI=1S/C13H15NO3/c1-9-12(13(16)17)11(15)8-14(9)7-10-5-3-2-4-6-10/h2-6,9,12H,7-8H2,1H3,(H,16,17)/p-1. The summed E-state index contributed by atoms with van der Waals surface area (Å²) in [4.78, 5) is 24.3. The molecule has 1 aromatic rings. The molecule has 4 heteroatoms. The molecular weight excluding hydrogens is 218 g/mol. The average molecular weight is 232 g/mol. The molecule has 90 valence electrons. The van der Waals surface area contributed by atoms with Crippen LogP contribution in [0.4, 0.5) is 0 Å². The van der Waals surface area contributed by atoms with Gasteiger partial charge in [0.1, 0.15) is 0 Å². The highest BCUT2D eigenvalue weighted by molar-refractivity contribution is 6.01. The minimum Gasteiger partial charge on any atom is -0.549 e. The van der Waals surface area contributed by atoms with Gasteiger partial charge in [0.05, 0.1) is 18.4 Å². The number of hydrogen-bond acceptors (Lipinski definition) is 4. The second-order valence-electron chi connectivity index (χ2n) is 4.39. The summed E-state index contributed by atoms with van der Waals surface area (Å²) in [6, 6.07) is 9.40. The Morgan fingerprint density at radius 2 is 2.06 bits per heavy atom. The van der Waals surface area contributed by atoms with Crippen LogP contribution in [0.3, 0.4) is 0 Å². The summed E-state index contributed by atoms with van der Waals surface area (Å²) in [7, 11) is 0. The zero-order valence-corrected chi connectivity index (χ0v) is 9.63. The maximum Gasteiger partial charge on any atom is 0.157 e. The van der Waals surface area contributed by atoms with Crippen molar-refractivity contribution < 1.29 is 14.7 Å². The van der Waals surface area contributed by atoms with Crippen LogP contribution in [0.25, 0.3) is 0 Å². The first kappa shape index (κ1) is 11.8. The molecule has 1 aliphatic rings. The predicted octanol–water partition coefficient (Wildman–Crippen LogP) is -0.174. The van der Waals surface area contributed by atoms with E-state index in [0.29, 0.717) is 6.54 Å². The van der Waals surface area contributed by atoms with E-state index < -0.39 is 11.9 Å². The van der Waals surface area contributed by atoms with Crippen molar-refractivity contribution in [1.29, 1.82) is 0 Å². The molecule has 1 heterocycles. The number of ketones is 1. The summed E-state index contributed by atoms with van der Waals surface area (Å²) in [5.41, 5.74) is 1.08. The van der Waals surface area contributed by atoms with Gasteiger partial charge in [-0.2, -0.15) is 0 Å². The van der Waals surface area contributed by atoms with Gasteiger partial charge in [0.2, 0.25) is 0 Å². The van der Waals surface area contributed by atoms with Crippen LogP contribution in [0.2, 0.25) is 0 Å². The zero-order valence-electron chi connectivity index (χ0n) is 9.63. The average Bonchev–Trinajstić information content (AvgIpc) is 2.55. The van der Waals surface area contributed by atoms with Gasteiger partial charge in [0.15, 0.2) is 5.78 Å². The third-order valence-electron chi connectivity index (χ3n) is 3.25. The van der Waals surface area contributed by atoms with Crippen molar-refractivity contribution in [3.8, 4) is 0 Å². The van der Waals surface area contributed by atoms with Crippen LogP contribution < -0.4 is 5.11 Å². The lowest BCUT2D eigenvalue weighted by Crippen LogP contribution is -2.41. The fourth-order valence-corrected chi connectivity index (χ4v) is 2.27. The van der Waals surface area contributed by atoms with Gasteiger partial charge in [-0.3, -0.25) is 9.69 Å². The molecule has 0 bridgehead atoms.